The van der Waals surface area contributed by atoms with Crippen LogP contribution in [0.25, 0.3) is 0 Å². The predicted octanol–water partition coefficient (Wildman–Crippen LogP) is 3.28. The van der Waals surface area contributed by atoms with E-state index in [0.29, 0.717) is 5.00 Å². The molecule has 0 aliphatic heterocycles. The van der Waals surface area contributed by atoms with Gasteiger partial charge in [0.25, 0.3) is 0 Å². The fourth-order valence-electron chi connectivity index (χ4n) is 0.900. The van der Waals surface area contributed by atoms with Gasteiger partial charge in [-0.1, -0.05) is 18.2 Å². The zero-order valence-corrected chi connectivity index (χ0v) is 9.07. The largest absolute Gasteiger partial charge is 0.478 e. The topological polar surface area (TPSA) is 49.7 Å². The SMILES string of the molecule is C/C=C\C=C/C=Nc1sccc1C(=O)O. The number of thiophene rings is 1. The van der Waals surface area contributed by atoms with Gasteiger partial charge in [-0.2, -0.15) is 0 Å². The molecule has 0 aliphatic carbocycles. The third kappa shape index (κ3) is 3.52. The Morgan fingerprint density at radius 1 is 1.47 bits per heavy atom. The molecule has 0 bridgehead atoms. The highest BCUT2D eigenvalue weighted by Crippen LogP contribution is 2.25. The van der Waals surface area contributed by atoms with Crippen LogP contribution in [-0.4, -0.2) is 17.3 Å². The number of hydrogen-bond acceptors (Lipinski definition) is 3. The van der Waals surface area contributed by atoms with Gasteiger partial charge in [0, 0.05) is 6.21 Å². The lowest BCUT2D eigenvalue weighted by molar-refractivity contribution is 0.0698. The first kappa shape index (κ1) is 11.4. The third-order valence-corrected chi connectivity index (χ3v) is 2.39. The fourth-order valence-corrected chi connectivity index (χ4v) is 1.64. The van der Waals surface area contributed by atoms with E-state index < -0.39 is 5.97 Å². The fraction of sp³-hybridized carbons (Fsp3) is 0.0909. The van der Waals surface area contributed by atoms with Crippen LogP contribution >= 0.6 is 11.3 Å². The molecule has 0 amide bonds. The van der Waals surface area contributed by atoms with Crippen molar-refractivity contribution < 1.29 is 9.90 Å². The number of carboxylic acids is 1. The molecule has 4 heteroatoms. The molecule has 0 saturated heterocycles. The Hall–Kier alpha value is -1.68. The van der Waals surface area contributed by atoms with Crippen LogP contribution in [0.1, 0.15) is 17.3 Å². The number of carbonyl (C=O) groups is 1. The van der Waals surface area contributed by atoms with Crippen LogP contribution in [0.5, 0.6) is 0 Å². The van der Waals surface area contributed by atoms with E-state index in [4.69, 9.17) is 5.11 Å². The summed E-state index contributed by atoms with van der Waals surface area (Å²) in [7, 11) is 0. The van der Waals surface area contributed by atoms with Gasteiger partial charge in [0.2, 0.25) is 0 Å². The van der Waals surface area contributed by atoms with Gasteiger partial charge in [-0.3, -0.25) is 0 Å². The van der Waals surface area contributed by atoms with Gasteiger partial charge in [0.15, 0.2) is 0 Å². The summed E-state index contributed by atoms with van der Waals surface area (Å²) in [5.74, 6) is -0.944. The van der Waals surface area contributed by atoms with Crippen molar-refractivity contribution in [3.8, 4) is 0 Å². The molecule has 0 spiro atoms. The van der Waals surface area contributed by atoms with Gasteiger partial charge in [-0.25, -0.2) is 9.79 Å². The zero-order chi connectivity index (χ0) is 11.1. The summed E-state index contributed by atoms with van der Waals surface area (Å²) in [4.78, 5) is 14.8. The van der Waals surface area contributed by atoms with Crippen LogP contribution in [0.15, 0.2) is 40.7 Å². The van der Waals surface area contributed by atoms with Crippen LogP contribution in [0, 0.1) is 0 Å². The molecule has 1 rings (SSSR count). The van der Waals surface area contributed by atoms with Crippen molar-refractivity contribution in [2.75, 3.05) is 0 Å². The average Bonchev–Trinajstić information content (AvgIpc) is 2.66. The number of rotatable bonds is 4. The van der Waals surface area contributed by atoms with E-state index in [0.717, 1.165) is 0 Å². The Morgan fingerprint density at radius 2 is 2.27 bits per heavy atom. The van der Waals surface area contributed by atoms with E-state index in [1.54, 1.807) is 23.7 Å². The molecule has 0 atom stereocenters. The van der Waals surface area contributed by atoms with Gasteiger partial charge < -0.3 is 5.11 Å². The van der Waals surface area contributed by atoms with Crippen LogP contribution in [0.2, 0.25) is 0 Å². The number of nitrogens with zero attached hydrogens (tertiary/aromatic N) is 1. The average molecular weight is 221 g/mol. The van der Waals surface area contributed by atoms with Gasteiger partial charge >= 0.3 is 5.97 Å². The van der Waals surface area contributed by atoms with E-state index >= 15 is 0 Å². The third-order valence-electron chi connectivity index (χ3n) is 1.57. The molecule has 0 fully saturated rings. The summed E-state index contributed by atoms with van der Waals surface area (Å²) in [5.41, 5.74) is 0.246. The van der Waals surface area contributed by atoms with Gasteiger partial charge in [0.05, 0.1) is 5.56 Å². The molecular weight excluding hydrogens is 210 g/mol. The second-order valence-corrected chi connectivity index (χ2v) is 3.53. The number of aliphatic imine (C=N–C) groups is 1. The summed E-state index contributed by atoms with van der Waals surface area (Å²) in [6.45, 7) is 1.92. The van der Waals surface area contributed by atoms with Crippen molar-refractivity contribution in [2.45, 2.75) is 6.92 Å². The predicted molar refractivity (Wildman–Crippen MR) is 63.4 cm³/mol. The Balaban J connectivity index is 2.72. The summed E-state index contributed by atoms with van der Waals surface area (Å²) >= 11 is 1.31. The van der Waals surface area contributed by atoms with Crippen LogP contribution in [0.4, 0.5) is 5.00 Å². The zero-order valence-electron chi connectivity index (χ0n) is 8.25. The maximum Gasteiger partial charge on any atom is 0.338 e. The molecule has 1 heterocycles. The molecule has 0 aliphatic rings. The van der Waals surface area contributed by atoms with Crippen LogP contribution < -0.4 is 0 Å². The molecule has 0 unspecified atom stereocenters. The molecule has 0 radical (unpaired) electrons. The van der Waals surface area contributed by atoms with Crippen LogP contribution in [0.3, 0.4) is 0 Å². The van der Waals surface area contributed by atoms with Crippen molar-refractivity contribution in [2.24, 2.45) is 4.99 Å². The lowest BCUT2D eigenvalue weighted by Crippen LogP contribution is -1.92. The Kier molecular flexibility index (Phi) is 4.50. The van der Waals surface area contributed by atoms with Gasteiger partial charge in [-0.05, 0) is 24.4 Å². The standard InChI is InChI=1S/C11H11NO2S/c1-2-3-4-5-7-12-10-9(11(13)14)6-8-15-10/h2-8H,1H3,(H,13,14)/b3-2-,5-4-,12-7?. The minimum Gasteiger partial charge on any atom is -0.478 e. The molecule has 3 nitrogen and oxygen atoms in total. The molecule has 78 valence electrons. The summed E-state index contributed by atoms with van der Waals surface area (Å²) in [6.07, 6.45) is 8.94. The van der Waals surface area contributed by atoms with Crippen molar-refractivity contribution >= 4 is 28.5 Å². The summed E-state index contributed by atoms with van der Waals surface area (Å²) in [5, 5.41) is 11.0. The number of aromatic carboxylic acids is 1. The van der Waals surface area contributed by atoms with E-state index in [2.05, 4.69) is 4.99 Å². The summed E-state index contributed by atoms with van der Waals surface area (Å²) in [6, 6.07) is 1.55. The second kappa shape index (κ2) is 5.93. The van der Waals surface area contributed by atoms with E-state index in [9.17, 15) is 4.79 Å². The highest BCUT2D eigenvalue weighted by atomic mass is 32.1. The van der Waals surface area contributed by atoms with Gasteiger partial charge in [-0.15, -0.1) is 11.3 Å². The highest BCUT2D eigenvalue weighted by Gasteiger charge is 2.08. The number of carboxylic acid groups (broad SMARTS) is 1. The van der Waals surface area contributed by atoms with Crippen LogP contribution in [-0.2, 0) is 0 Å². The van der Waals surface area contributed by atoms with Crippen molar-refractivity contribution in [1.29, 1.82) is 0 Å². The molecule has 1 aromatic rings. The van der Waals surface area contributed by atoms with Crippen molar-refractivity contribution in [3.63, 3.8) is 0 Å². The Labute approximate surface area is 92.1 Å². The maximum atomic E-state index is 10.7. The number of allylic oxidation sites excluding steroid dienone is 4. The van der Waals surface area contributed by atoms with Crippen molar-refractivity contribution in [1.82, 2.24) is 0 Å². The first-order chi connectivity index (χ1) is 7.25. The maximum absolute atomic E-state index is 10.7. The summed E-state index contributed by atoms with van der Waals surface area (Å²) < 4.78 is 0. The Bertz CT molecular complexity index is 416. The highest BCUT2D eigenvalue weighted by molar-refractivity contribution is 7.14. The lowest BCUT2D eigenvalue weighted by Gasteiger charge is -1.89. The lowest BCUT2D eigenvalue weighted by atomic mass is 10.3. The Morgan fingerprint density at radius 3 is 2.93 bits per heavy atom. The van der Waals surface area contributed by atoms with Gasteiger partial charge in [0.1, 0.15) is 5.00 Å². The van der Waals surface area contributed by atoms with E-state index in [-0.39, 0.29) is 5.56 Å². The molecule has 0 aromatic carbocycles. The first-order valence-corrected chi connectivity index (χ1v) is 5.26. The smallest absolute Gasteiger partial charge is 0.338 e. The van der Waals surface area contributed by atoms with E-state index in [1.165, 1.54) is 11.3 Å². The quantitative estimate of drug-likeness (QED) is 0.626. The van der Waals surface area contributed by atoms with Crippen molar-refractivity contribution in [3.05, 3.63) is 41.3 Å². The van der Waals surface area contributed by atoms with E-state index in [1.807, 2.05) is 25.2 Å². The minimum atomic E-state index is -0.944. The molecule has 1 aromatic heterocycles. The first-order valence-electron chi connectivity index (χ1n) is 4.38. The normalized spacial score (nSPS) is 12.1. The molecular formula is C11H11NO2S. The molecule has 0 saturated carbocycles. The minimum absolute atomic E-state index is 0.246. The molecule has 15 heavy (non-hydrogen) atoms. The second-order valence-electron chi connectivity index (χ2n) is 2.63. The number of hydrogen-bond donors (Lipinski definition) is 1. The molecule has 1 N–H and O–H groups in total. The monoisotopic (exact) mass is 221 g/mol.